The van der Waals surface area contributed by atoms with Gasteiger partial charge in [-0.3, -0.25) is 4.79 Å². The van der Waals surface area contributed by atoms with Crippen LogP contribution in [0.4, 0.5) is 5.69 Å². The summed E-state index contributed by atoms with van der Waals surface area (Å²) in [5, 5.41) is 10.8. The van der Waals surface area contributed by atoms with Gasteiger partial charge in [0.1, 0.15) is 17.4 Å². The normalized spacial score (nSPS) is 20.1. The van der Waals surface area contributed by atoms with Gasteiger partial charge in [0.15, 0.2) is 0 Å². The van der Waals surface area contributed by atoms with E-state index in [1.807, 2.05) is 24.6 Å². The van der Waals surface area contributed by atoms with Crippen LogP contribution >= 0.6 is 0 Å². The highest BCUT2D eigenvalue weighted by Crippen LogP contribution is 2.32. The average molecular weight is 420 g/mol. The number of carbonyl (C=O) groups excluding carboxylic acids is 1. The fourth-order valence-corrected chi connectivity index (χ4v) is 4.52. The monoisotopic (exact) mass is 419 g/mol. The summed E-state index contributed by atoms with van der Waals surface area (Å²) in [7, 11) is 0. The van der Waals surface area contributed by atoms with Gasteiger partial charge in [-0.1, -0.05) is 12.1 Å². The molecule has 3 aromatic rings. The number of aromatic nitrogens is 2. The van der Waals surface area contributed by atoms with Gasteiger partial charge >= 0.3 is 0 Å². The van der Waals surface area contributed by atoms with Crippen molar-refractivity contribution in [2.45, 2.75) is 26.4 Å². The van der Waals surface area contributed by atoms with Gasteiger partial charge in [-0.2, -0.15) is 5.10 Å². The molecule has 7 heteroatoms. The number of nitrogens with zero attached hydrogens (tertiary/aromatic N) is 3. The topological polar surface area (TPSA) is 70.9 Å². The molecule has 1 aromatic carbocycles. The number of carbonyl (C=O) groups is 1. The number of pyridine rings is 1. The van der Waals surface area contributed by atoms with Gasteiger partial charge in [0.25, 0.3) is 0 Å². The fourth-order valence-electron chi connectivity index (χ4n) is 4.52. The van der Waals surface area contributed by atoms with E-state index in [4.69, 9.17) is 4.74 Å². The van der Waals surface area contributed by atoms with E-state index in [1.165, 1.54) is 5.69 Å². The van der Waals surface area contributed by atoms with Crippen LogP contribution in [0.2, 0.25) is 0 Å². The summed E-state index contributed by atoms with van der Waals surface area (Å²) >= 11 is 0. The molecule has 2 atom stereocenters. The number of hydrogen-bond acceptors (Lipinski definition) is 5. The summed E-state index contributed by atoms with van der Waals surface area (Å²) in [6.07, 6.45) is 4.37. The van der Waals surface area contributed by atoms with E-state index < -0.39 is 0 Å². The largest absolute Gasteiger partial charge is 0.488 e. The van der Waals surface area contributed by atoms with Crippen LogP contribution in [0.1, 0.15) is 18.9 Å². The van der Waals surface area contributed by atoms with Gasteiger partial charge < -0.3 is 20.3 Å². The Morgan fingerprint density at radius 2 is 1.94 bits per heavy atom. The maximum Gasteiger partial charge on any atom is 0.220 e. The molecule has 0 spiro atoms. The molecule has 2 fully saturated rings. The second-order valence-electron chi connectivity index (χ2n) is 8.59. The summed E-state index contributed by atoms with van der Waals surface area (Å²) in [5.74, 6) is 1.09. The zero-order valence-corrected chi connectivity index (χ0v) is 18.1. The van der Waals surface area contributed by atoms with Crippen molar-refractivity contribution in [3.8, 4) is 16.9 Å². The van der Waals surface area contributed by atoms with Crippen LogP contribution in [0.3, 0.4) is 0 Å². The zero-order valence-electron chi connectivity index (χ0n) is 18.1. The molecule has 2 aliphatic rings. The smallest absolute Gasteiger partial charge is 0.220 e. The third kappa shape index (κ3) is 3.97. The van der Waals surface area contributed by atoms with E-state index in [2.05, 4.69) is 57.2 Å². The van der Waals surface area contributed by atoms with Crippen molar-refractivity contribution >= 4 is 17.1 Å². The van der Waals surface area contributed by atoms with Crippen molar-refractivity contribution in [3.63, 3.8) is 0 Å². The second-order valence-corrected chi connectivity index (χ2v) is 8.59. The van der Waals surface area contributed by atoms with Crippen LogP contribution in [-0.4, -0.2) is 54.3 Å². The van der Waals surface area contributed by atoms with Gasteiger partial charge in [-0.05, 0) is 43.2 Å². The van der Waals surface area contributed by atoms with Gasteiger partial charge in [0.05, 0.1) is 6.20 Å². The number of rotatable bonds is 5. The molecule has 7 nitrogen and oxygen atoms in total. The zero-order chi connectivity index (χ0) is 21.4. The maximum atomic E-state index is 11.6. The fraction of sp³-hybridized carbons (Fsp3) is 0.417. The molecule has 0 aliphatic carbocycles. The standard InChI is InChI=1S/C24H29N5O2/c1-16-13-27-29-15-20(18-3-5-21(6-4-18)28-9-7-25-8-10-28)11-22(24(16)29)31-17(2)19-12-23(30)26-14-19/h3-6,11,13,15,17,19,25H,7-10,12,14H2,1-2H3,(H,26,30)/t17-,19-/m1/s1. The van der Waals surface area contributed by atoms with E-state index in [0.29, 0.717) is 13.0 Å². The molecule has 31 heavy (non-hydrogen) atoms. The Labute approximate surface area is 182 Å². The van der Waals surface area contributed by atoms with Crippen molar-refractivity contribution in [2.24, 2.45) is 5.92 Å². The van der Waals surface area contributed by atoms with Crippen LogP contribution in [0.15, 0.2) is 42.7 Å². The van der Waals surface area contributed by atoms with Gasteiger partial charge in [0.2, 0.25) is 5.91 Å². The lowest BCUT2D eigenvalue weighted by Crippen LogP contribution is -2.43. The molecular weight excluding hydrogens is 390 g/mol. The summed E-state index contributed by atoms with van der Waals surface area (Å²) in [4.78, 5) is 14.0. The van der Waals surface area contributed by atoms with E-state index in [0.717, 1.165) is 54.1 Å². The first kappa shape index (κ1) is 19.9. The van der Waals surface area contributed by atoms with Crippen LogP contribution < -0.4 is 20.3 Å². The molecule has 4 heterocycles. The van der Waals surface area contributed by atoms with Crippen molar-refractivity contribution in [1.29, 1.82) is 0 Å². The Morgan fingerprint density at radius 3 is 2.65 bits per heavy atom. The number of amides is 1. The molecule has 2 aliphatic heterocycles. The molecule has 1 amide bonds. The number of fused-ring (bicyclic) bond motifs is 1. The van der Waals surface area contributed by atoms with Crippen molar-refractivity contribution in [3.05, 3.63) is 48.3 Å². The quantitative estimate of drug-likeness (QED) is 0.665. The molecular formula is C24H29N5O2. The molecule has 0 unspecified atom stereocenters. The summed E-state index contributed by atoms with van der Waals surface area (Å²) < 4.78 is 8.31. The molecule has 0 bridgehead atoms. The van der Waals surface area contributed by atoms with Crippen molar-refractivity contribution < 1.29 is 9.53 Å². The second kappa shape index (κ2) is 8.23. The number of anilines is 1. The predicted molar refractivity (Wildman–Crippen MR) is 122 cm³/mol. The Kier molecular flexibility index (Phi) is 5.28. The number of nitrogens with one attached hydrogen (secondary N) is 2. The maximum absolute atomic E-state index is 11.6. The lowest BCUT2D eigenvalue weighted by molar-refractivity contribution is -0.119. The van der Waals surface area contributed by atoms with Crippen LogP contribution in [0, 0.1) is 12.8 Å². The number of ether oxygens (including phenoxy) is 1. The van der Waals surface area contributed by atoms with E-state index in [-0.39, 0.29) is 17.9 Å². The summed E-state index contributed by atoms with van der Waals surface area (Å²) in [6.45, 7) is 8.88. The molecule has 0 radical (unpaired) electrons. The van der Waals surface area contributed by atoms with Crippen LogP contribution in [-0.2, 0) is 4.79 Å². The Hall–Kier alpha value is -3.06. The first-order valence-electron chi connectivity index (χ1n) is 11.1. The number of hydrogen-bond donors (Lipinski definition) is 2. The summed E-state index contributed by atoms with van der Waals surface area (Å²) in [5.41, 5.74) is 5.49. The minimum absolute atomic E-state index is 0.0672. The number of piperazine rings is 1. The molecule has 162 valence electrons. The van der Waals surface area contributed by atoms with Gasteiger partial charge in [0, 0.05) is 62.5 Å². The van der Waals surface area contributed by atoms with E-state index >= 15 is 0 Å². The Bertz CT molecular complexity index is 1090. The molecule has 2 N–H and O–H groups in total. The van der Waals surface area contributed by atoms with E-state index in [9.17, 15) is 4.79 Å². The van der Waals surface area contributed by atoms with Gasteiger partial charge in [-0.15, -0.1) is 0 Å². The molecule has 0 saturated carbocycles. The van der Waals surface area contributed by atoms with Crippen LogP contribution in [0.25, 0.3) is 16.6 Å². The average Bonchev–Trinajstić information content (AvgIpc) is 3.40. The SMILES string of the molecule is Cc1cnn2cc(-c3ccc(N4CCNCC4)cc3)cc(O[C@H](C)[C@H]3CNC(=O)C3)c12. The highest BCUT2D eigenvalue weighted by atomic mass is 16.5. The molecule has 2 saturated heterocycles. The lowest BCUT2D eigenvalue weighted by atomic mass is 10.0. The lowest BCUT2D eigenvalue weighted by Gasteiger charge is -2.29. The van der Waals surface area contributed by atoms with Crippen LogP contribution in [0.5, 0.6) is 5.75 Å². The first-order chi connectivity index (χ1) is 15.1. The molecule has 2 aromatic heterocycles. The van der Waals surface area contributed by atoms with E-state index in [1.54, 1.807) is 0 Å². The number of aryl methyl sites for hydroxylation is 1. The van der Waals surface area contributed by atoms with Crippen molar-refractivity contribution in [1.82, 2.24) is 20.2 Å². The number of benzene rings is 1. The predicted octanol–water partition coefficient (Wildman–Crippen LogP) is 2.62. The third-order valence-electron chi connectivity index (χ3n) is 6.43. The minimum atomic E-state index is -0.0672. The Morgan fingerprint density at radius 1 is 1.16 bits per heavy atom. The molecule has 5 rings (SSSR count). The van der Waals surface area contributed by atoms with Crippen molar-refractivity contribution in [2.75, 3.05) is 37.6 Å². The third-order valence-corrected chi connectivity index (χ3v) is 6.43. The minimum Gasteiger partial charge on any atom is -0.488 e. The summed E-state index contributed by atoms with van der Waals surface area (Å²) in [6, 6.07) is 10.8. The highest BCUT2D eigenvalue weighted by molar-refractivity contribution is 5.78. The van der Waals surface area contributed by atoms with Gasteiger partial charge in [-0.25, -0.2) is 4.52 Å². The first-order valence-corrected chi connectivity index (χ1v) is 11.1. The Balaban J connectivity index is 1.44. The highest BCUT2D eigenvalue weighted by Gasteiger charge is 2.28.